The molecular formula is C17H22N4OS. The Kier molecular flexibility index (Phi) is 5.98. The molecular weight excluding hydrogens is 308 g/mol. The number of nitrogens with zero attached hydrogens (tertiary/aromatic N) is 3. The molecule has 0 unspecified atom stereocenters. The van der Waals surface area contributed by atoms with E-state index < -0.39 is 0 Å². The van der Waals surface area contributed by atoms with Crippen molar-refractivity contribution in [1.29, 1.82) is 0 Å². The first-order chi connectivity index (χ1) is 11.0. The maximum Gasteiger partial charge on any atom is 0.233 e. The van der Waals surface area contributed by atoms with Gasteiger partial charge >= 0.3 is 0 Å². The number of benzene rings is 1. The van der Waals surface area contributed by atoms with E-state index in [2.05, 4.69) is 41.2 Å². The van der Waals surface area contributed by atoms with E-state index in [4.69, 9.17) is 5.73 Å². The van der Waals surface area contributed by atoms with Crippen molar-refractivity contribution >= 4 is 23.5 Å². The average molecular weight is 330 g/mol. The van der Waals surface area contributed by atoms with Crippen molar-refractivity contribution in [3.63, 3.8) is 0 Å². The molecule has 0 spiro atoms. The van der Waals surface area contributed by atoms with Crippen molar-refractivity contribution in [2.24, 2.45) is 0 Å². The number of amides is 1. The predicted molar refractivity (Wildman–Crippen MR) is 94.2 cm³/mol. The smallest absolute Gasteiger partial charge is 0.233 e. The zero-order valence-electron chi connectivity index (χ0n) is 13.7. The van der Waals surface area contributed by atoms with Crippen LogP contribution in [0.5, 0.6) is 0 Å². The zero-order valence-corrected chi connectivity index (χ0v) is 14.6. The van der Waals surface area contributed by atoms with E-state index in [1.54, 1.807) is 11.0 Å². The van der Waals surface area contributed by atoms with Crippen LogP contribution in [0.2, 0.25) is 0 Å². The van der Waals surface area contributed by atoms with Gasteiger partial charge in [-0.2, -0.15) is 0 Å². The van der Waals surface area contributed by atoms with Crippen molar-refractivity contribution in [3.8, 4) is 0 Å². The molecule has 23 heavy (non-hydrogen) atoms. The van der Waals surface area contributed by atoms with E-state index in [0.717, 1.165) is 17.7 Å². The number of carbonyl (C=O) groups excluding carboxylic acids is 1. The lowest BCUT2D eigenvalue weighted by Gasteiger charge is -2.17. The summed E-state index contributed by atoms with van der Waals surface area (Å²) >= 11 is 1.31. The highest BCUT2D eigenvalue weighted by molar-refractivity contribution is 7.99. The first-order valence-corrected chi connectivity index (χ1v) is 8.52. The van der Waals surface area contributed by atoms with Crippen molar-refractivity contribution < 1.29 is 4.79 Å². The first kappa shape index (κ1) is 17.3. The lowest BCUT2D eigenvalue weighted by molar-refractivity contribution is -0.127. The van der Waals surface area contributed by atoms with Gasteiger partial charge in [0, 0.05) is 25.4 Å². The van der Waals surface area contributed by atoms with E-state index >= 15 is 0 Å². The number of thioether (sulfide) groups is 1. The Hall–Kier alpha value is -2.08. The molecule has 2 aromatic rings. The maximum absolute atomic E-state index is 12.2. The summed E-state index contributed by atoms with van der Waals surface area (Å²) < 4.78 is 0. The third-order valence-corrected chi connectivity index (χ3v) is 4.29. The minimum atomic E-state index is 0.0400. The summed E-state index contributed by atoms with van der Waals surface area (Å²) in [5.41, 5.74) is 8.92. The molecule has 0 fully saturated rings. The van der Waals surface area contributed by atoms with Crippen LogP contribution in [0.15, 0.2) is 35.5 Å². The summed E-state index contributed by atoms with van der Waals surface area (Å²) in [4.78, 5) is 22.3. The van der Waals surface area contributed by atoms with E-state index in [0.29, 0.717) is 23.3 Å². The molecule has 6 heteroatoms. The largest absolute Gasteiger partial charge is 0.384 e. The average Bonchev–Trinajstić information content (AvgIpc) is 2.52. The first-order valence-electron chi connectivity index (χ1n) is 7.53. The van der Waals surface area contributed by atoms with Crippen LogP contribution < -0.4 is 5.73 Å². The van der Waals surface area contributed by atoms with Gasteiger partial charge in [-0.3, -0.25) is 4.79 Å². The van der Waals surface area contributed by atoms with Gasteiger partial charge < -0.3 is 10.6 Å². The van der Waals surface area contributed by atoms with Gasteiger partial charge in [-0.15, -0.1) is 0 Å². The summed E-state index contributed by atoms with van der Waals surface area (Å²) in [6.07, 6.45) is 1.02. The molecule has 0 aliphatic carbocycles. The molecule has 1 heterocycles. The maximum atomic E-state index is 12.2. The summed E-state index contributed by atoms with van der Waals surface area (Å²) in [6, 6.07) is 10.1. The van der Waals surface area contributed by atoms with Crippen molar-refractivity contribution in [2.75, 3.05) is 18.5 Å². The highest BCUT2D eigenvalue weighted by atomic mass is 32.2. The third-order valence-electron chi connectivity index (χ3n) is 3.45. The molecule has 122 valence electrons. The lowest BCUT2D eigenvalue weighted by Crippen LogP contribution is -2.27. The Morgan fingerprint density at radius 1 is 1.22 bits per heavy atom. The molecule has 2 rings (SSSR count). The molecule has 1 aromatic carbocycles. The van der Waals surface area contributed by atoms with Crippen LogP contribution in [0, 0.1) is 6.92 Å². The third kappa shape index (κ3) is 5.25. The van der Waals surface area contributed by atoms with Gasteiger partial charge in [0.05, 0.1) is 5.75 Å². The van der Waals surface area contributed by atoms with Crippen LogP contribution in [0.3, 0.4) is 0 Å². The van der Waals surface area contributed by atoms with Gasteiger partial charge in [-0.25, -0.2) is 9.97 Å². The minimum Gasteiger partial charge on any atom is -0.384 e. The van der Waals surface area contributed by atoms with Crippen LogP contribution in [0.4, 0.5) is 5.82 Å². The summed E-state index contributed by atoms with van der Waals surface area (Å²) in [5, 5.41) is 0.538. The number of hydrogen-bond acceptors (Lipinski definition) is 5. The fourth-order valence-corrected chi connectivity index (χ4v) is 2.96. The van der Waals surface area contributed by atoms with Gasteiger partial charge in [-0.1, -0.05) is 43.0 Å². The number of nitrogens with two attached hydrogens (primary N) is 1. The number of rotatable bonds is 6. The van der Waals surface area contributed by atoms with Crippen molar-refractivity contribution in [2.45, 2.75) is 32.0 Å². The molecule has 0 saturated heterocycles. The number of anilines is 1. The Balaban J connectivity index is 1.89. The molecule has 0 aliphatic rings. The minimum absolute atomic E-state index is 0.0400. The normalized spacial score (nSPS) is 10.6. The fourth-order valence-electron chi connectivity index (χ4n) is 2.11. The second-order valence-electron chi connectivity index (χ2n) is 5.43. The number of aromatic nitrogens is 2. The van der Waals surface area contributed by atoms with Gasteiger partial charge in [0.2, 0.25) is 5.91 Å². The molecule has 0 radical (unpaired) electrons. The summed E-state index contributed by atoms with van der Waals surface area (Å²) in [6.45, 7) is 4.58. The molecule has 0 saturated carbocycles. The summed E-state index contributed by atoms with van der Waals surface area (Å²) in [7, 11) is 1.81. The van der Waals surface area contributed by atoms with Crippen molar-refractivity contribution in [1.82, 2.24) is 14.9 Å². The SMILES string of the molecule is CCc1ccc(CN(C)C(=O)CSc2nc(C)cc(N)n2)cc1. The fraction of sp³-hybridized carbons (Fsp3) is 0.353. The molecule has 0 atom stereocenters. The Bertz CT molecular complexity index is 653. The Morgan fingerprint density at radius 3 is 2.48 bits per heavy atom. The lowest BCUT2D eigenvalue weighted by atomic mass is 10.1. The Morgan fingerprint density at radius 2 is 1.87 bits per heavy atom. The van der Waals surface area contributed by atoms with E-state index in [1.807, 2.05) is 14.0 Å². The standard InChI is InChI=1S/C17H22N4OS/c1-4-13-5-7-14(8-6-13)10-21(3)16(22)11-23-17-19-12(2)9-15(18)20-17/h5-9H,4,10-11H2,1-3H3,(H2,18,19,20). The topological polar surface area (TPSA) is 72.1 Å². The molecule has 1 aromatic heterocycles. The van der Waals surface area contributed by atoms with Crippen LogP contribution >= 0.6 is 11.8 Å². The zero-order chi connectivity index (χ0) is 16.8. The molecule has 2 N–H and O–H groups in total. The monoisotopic (exact) mass is 330 g/mol. The van der Waals surface area contributed by atoms with Crippen LogP contribution in [0.25, 0.3) is 0 Å². The van der Waals surface area contributed by atoms with Gasteiger partial charge in [0.1, 0.15) is 5.82 Å². The highest BCUT2D eigenvalue weighted by Crippen LogP contribution is 2.16. The molecule has 0 aliphatic heterocycles. The highest BCUT2D eigenvalue weighted by Gasteiger charge is 2.11. The number of aryl methyl sites for hydroxylation is 2. The van der Waals surface area contributed by atoms with Crippen LogP contribution in [-0.4, -0.2) is 33.6 Å². The second-order valence-corrected chi connectivity index (χ2v) is 6.37. The molecule has 0 bridgehead atoms. The Labute approximate surface area is 141 Å². The number of carbonyl (C=O) groups is 1. The molecule has 1 amide bonds. The molecule has 5 nitrogen and oxygen atoms in total. The van der Waals surface area contributed by atoms with Crippen LogP contribution in [0.1, 0.15) is 23.7 Å². The van der Waals surface area contributed by atoms with E-state index in [1.165, 1.54) is 17.3 Å². The predicted octanol–water partition coefficient (Wildman–Crippen LogP) is 2.68. The number of hydrogen-bond donors (Lipinski definition) is 1. The second kappa shape index (κ2) is 7.97. The van der Waals surface area contributed by atoms with Gasteiger partial charge in [-0.05, 0) is 24.5 Å². The van der Waals surface area contributed by atoms with Crippen LogP contribution in [-0.2, 0) is 17.8 Å². The van der Waals surface area contributed by atoms with E-state index in [-0.39, 0.29) is 5.91 Å². The van der Waals surface area contributed by atoms with Gasteiger partial charge in [0.25, 0.3) is 0 Å². The van der Waals surface area contributed by atoms with E-state index in [9.17, 15) is 4.79 Å². The van der Waals surface area contributed by atoms with Crippen molar-refractivity contribution in [3.05, 3.63) is 47.2 Å². The quantitative estimate of drug-likeness (QED) is 0.651. The van der Waals surface area contributed by atoms with Gasteiger partial charge in [0.15, 0.2) is 5.16 Å². The number of nitrogen functional groups attached to an aromatic ring is 1. The summed E-state index contributed by atoms with van der Waals surface area (Å²) in [5.74, 6) is 0.766.